The van der Waals surface area contributed by atoms with E-state index in [1.165, 1.54) is 0 Å². The van der Waals surface area contributed by atoms with Gasteiger partial charge >= 0.3 is 0 Å². The number of hydrogen-bond acceptors (Lipinski definition) is 7. The van der Waals surface area contributed by atoms with E-state index in [-0.39, 0.29) is 32.3 Å². The quantitative estimate of drug-likeness (QED) is 0.0722. The predicted octanol–water partition coefficient (Wildman–Crippen LogP) is 9.46. The zero-order chi connectivity index (χ0) is 44.5. The van der Waals surface area contributed by atoms with E-state index < -0.39 is 30.0 Å². The normalized spacial score (nSPS) is 15.2. The van der Waals surface area contributed by atoms with Crippen LogP contribution < -0.4 is 0 Å². The van der Waals surface area contributed by atoms with E-state index in [9.17, 15) is 5.11 Å². The summed E-state index contributed by atoms with van der Waals surface area (Å²) in [7, 11) is 0. The molecule has 1 amide bonds. The highest BCUT2D eigenvalue weighted by Gasteiger charge is 2.46. The monoisotopic (exact) mass is 866 g/mol. The molecule has 0 bridgehead atoms. The van der Waals surface area contributed by atoms with Crippen molar-refractivity contribution < 1.29 is 28.8 Å². The van der Waals surface area contributed by atoms with E-state index in [2.05, 4.69) is 95.9 Å². The van der Waals surface area contributed by atoms with Crippen molar-refractivity contribution in [2.45, 2.75) is 56.4 Å². The highest BCUT2D eigenvalue weighted by molar-refractivity contribution is 5.82. The van der Waals surface area contributed by atoms with E-state index in [0.717, 1.165) is 38.9 Å². The molecule has 8 rings (SSSR count). The molecular formula is C57H58N2O6. The van der Waals surface area contributed by atoms with Crippen molar-refractivity contribution in [1.82, 2.24) is 9.80 Å². The number of ether oxygens (including phenoxy) is 4. The van der Waals surface area contributed by atoms with Crippen molar-refractivity contribution in [2.24, 2.45) is 0 Å². The molecule has 0 aromatic heterocycles. The Labute approximate surface area is 383 Å². The summed E-state index contributed by atoms with van der Waals surface area (Å²) in [6, 6.07) is 71.2. The zero-order valence-corrected chi connectivity index (χ0v) is 36.8. The van der Waals surface area contributed by atoms with Crippen molar-refractivity contribution in [2.75, 3.05) is 32.8 Å². The van der Waals surface area contributed by atoms with Crippen LogP contribution in [-0.4, -0.2) is 78.0 Å². The maximum atomic E-state index is 15.5. The van der Waals surface area contributed by atoms with Crippen molar-refractivity contribution >= 4 is 5.91 Å². The van der Waals surface area contributed by atoms with Crippen molar-refractivity contribution in [3.63, 3.8) is 0 Å². The molecule has 0 unspecified atom stereocenters. The second kappa shape index (κ2) is 23.1. The van der Waals surface area contributed by atoms with Gasteiger partial charge in [-0.2, -0.15) is 0 Å². The minimum atomic E-state index is -1.18. The number of amides is 1. The van der Waals surface area contributed by atoms with E-state index in [4.69, 9.17) is 18.9 Å². The summed E-state index contributed by atoms with van der Waals surface area (Å²) in [5.74, 6) is -0.228. The number of carbonyl (C=O) groups excluding carboxylic acids is 1. The van der Waals surface area contributed by atoms with Gasteiger partial charge in [0.05, 0.1) is 38.6 Å². The molecular weight excluding hydrogens is 809 g/mol. The van der Waals surface area contributed by atoms with E-state index in [1.54, 1.807) is 0 Å². The Bertz CT molecular complexity index is 2330. The molecule has 8 heteroatoms. The van der Waals surface area contributed by atoms with Crippen LogP contribution in [0.15, 0.2) is 212 Å². The third-order valence-corrected chi connectivity index (χ3v) is 12.1. The van der Waals surface area contributed by atoms with Gasteiger partial charge in [0.25, 0.3) is 5.91 Å². The molecule has 4 atom stereocenters. The molecule has 332 valence electrons. The van der Waals surface area contributed by atoms with E-state index in [0.29, 0.717) is 32.8 Å². The molecule has 1 N–H and O–H groups in total. The molecule has 0 saturated carbocycles. The SMILES string of the molecule is O=C([C@H](OCc1ccccc1)[C@@H](OCc1ccccc1)[C@H](OCc1ccccc1)[C@H](O)COCc1ccccc1)N1CCN(C(c2ccccc2)(c2ccccc2)c2ccccc2)CC1. The molecule has 1 fully saturated rings. The summed E-state index contributed by atoms with van der Waals surface area (Å²) in [6.07, 6.45) is -4.40. The maximum Gasteiger partial charge on any atom is 0.254 e. The first kappa shape index (κ1) is 45.3. The average molecular weight is 867 g/mol. The van der Waals surface area contributed by atoms with Crippen LogP contribution in [0.3, 0.4) is 0 Å². The smallest absolute Gasteiger partial charge is 0.254 e. The highest BCUT2D eigenvalue weighted by Crippen LogP contribution is 2.43. The van der Waals surface area contributed by atoms with Gasteiger partial charge in [-0.1, -0.05) is 212 Å². The van der Waals surface area contributed by atoms with Gasteiger partial charge in [0.2, 0.25) is 0 Å². The largest absolute Gasteiger partial charge is 0.388 e. The lowest BCUT2D eigenvalue weighted by Crippen LogP contribution is -2.61. The molecule has 65 heavy (non-hydrogen) atoms. The van der Waals surface area contributed by atoms with Crippen LogP contribution in [0.2, 0.25) is 0 Å². The molecule has 7 aromatic rings. The lowest BCUT2D eigenvalue weighted by Gasteiger charge is -2.49. The zero-order valence-electron chi connectivity index (χ0n) is 36.8. The van der Waals surface area contributed by atoms with Crippen LogP contribution in [0.1, 0.15) is 38.9 Å². The van der Waals surface area contributed by atoms with Crippen molar-refractivity contribution in [3.05, 3.63) is 251 Å². The summed E-state index contributed by atoms with van der Waals surface area (Å²) >= 11 is 0. The number of rotatable bonds is 21. The van der Waals surface area contributed by atoms with Crippen LogP contribution in [-0.2, 0) is 55.7 Å². The number of benzene rings is 7. The Hall–Kier alpha value is -6.23. The number of piperazine rings is 1. The molecule has 8 nitrogen and oxygen atoms in total. The first-order chi connectivity index (χ1) is 32.1. The fraction of sp³-hybridized carbons (Fsp3) is 0.246. The van der Waals surface area contributed by atoms with Gasteiger partial charge in [0, 0.05) is 26.2 Å². The molecule has 7 aromatic carbocycles. The molecule has 1 heterocycles. The van der Waals surface area contributed by atoms with Crippen LogP contribution in [0, 0.1) is 0 Å². The fourth-order valence-corrected chi connectivity index (χ4v) is 8.87. The first-order valence-electron chi connectivity index (χ1n) is 22.6. The summed E-state index contributed by atoms with van der Waals surface area (Å²) in [5.41, 5.74) is 6.54. The fourth-order valence-electron chi connectivity index (χ4n) is 8.87. The van der Waals surface area contributed by atoms with Crippen LogP contribution >= 0.6 is 0 Å². The maximum absolute atomic E-state index is 15.5. The first-order valence-corrected chi connectivity index (χ1v) is 22.6. The average Bonchev–Trinajstić information content (AvgIpc) is 3.38. The summed E-state index contributed by atoms with van der Waals surface area (Å²) < 4.78 is 26.5. The highest BCUT2D eigenvalue weighted by atomic mass is 16.6. The van der Waals surface area contributed by atoms with E-state index >= 15 is 4.79 Å². The lowest BCUT2D eigenvalue weighted by atomic mass is 9.75. The predicted molar refractivity (Wildman–Crippen MR) is 255 cm³/mol. The van der Waals surface area contributed by atoms with Gasteiger partial charge in [0.1, 0.15) is 18.3 Å². The Kier molecular flexibility index (Phi) is 16.1. The number of hydrogen-bond donors (Lipinski definition) is 1. The van der Waals surface area contributed by atoms with Gasteiger partial charge < -0.3 is 29.0 Å². The van der Waals surface area contributed by atoms with Gasteiger partial charge in [-0.25, -0.2) is 0 Å². The van der Waals surface area contributed by atoms with Crippen molar-refractivity contribution in [1.29, 1.82) is 0 Å². The standard InChI is InChI=1S/C57H58N2O6/c60-52(44-62-40-45-22-8-1-9-23-45)53(63-41-46-24-10-2-11-25-46)54(64-42-47-26-12-3-13-27-47)55(65-43-48-28-14-4-15-29-48)56(61)58-36-38-59(39-37-58)57(49-30-16-5-17-31-49,50-32-18-6-19-33-50)51-34-20-7-21-35-51/h1-35,52-55,60H,36-44H2/t52-,53-,54+,55-/m1/s1. The second-order valence-corrected chi connectivity index (χ2v) is 16.4. The Balaban J connectivity index is 1.13. The lowest BCUT2D eigenvalue weighted by molar-refractivity contribution is -0.197. The summed E-state index contributed by atoms with van der Waals surface area (Å²) in [5, 5.41) is 12.2. The number of nitrogens with zero attached hydrogens (tertiary/aromatic N) is 2. The molecule has 0 aliphatic carbocycles. The Morgan fingerprint density at radius 2 is 0.785 bits per heavy atom. The topological polar surface area (TPSA) is 80.7 Å². The van der Waals surface area contributed by atoms with Crippen molar-refractivity contribution in [3.8, 4) is 0 Å². The number of aliphatic hydroxyl groups is 1. The minimum Gasteiger partial charge on any atom is -0.388 e. The molecule has 0 radical (unpaired) electrons. The third-order valence-electron chi connectivity index (χ3n) is 12.1. The van der Waals surface area contributed by atoms with Gasteiger partial charge in [-0.15, -0.1) is 0 Å². The van der Waals surface area contributed by atoms with Gasteiger partial charge in [-0.05, 0) is 38.9 Å². The molecule has 0 spiro atoms. The minimum absolute atomic E-state index is 0.0572. The Morgan fingerprint density at radius 1 is 0.446 bits per heavy atom. The molecule has 1 saturated heterocycles. The summed E-state index contributed by atoms with van der Waals surface area (Å²) in [6.45, 7) is 2.74. The second-order valence-electron chi connectivity index (χ2n) is 16.4. The van der Waals surface area contributed by atoms with Crippen LogP contribution in [0.5, 0.6) is 0 Å². The van der Waals surface area contributed by atoms with E-state index in [1.807, 2.05) is 126 Å². The number of carbonyl (C=O) groups is 1. The summed E-state index contributed by atoms with van der Waals surface area (Å²) in [4.78, 5) is 19.9. The van der Waals surface area contributed by atoms with Gasteiger partial charge in [0.15, 0.2) is 6.10 Å². The van der Waals surface area contributed by atoms with Crippen LogP contribution in [0.4, 0.5) is 0 Å². The molecule has 1 aliphatic heterocycles. The number of aliphatic hydroxyl groups excluding tert-OH is 1. The Morgan fingerprint density at radius 3 is 1.18 bits per heavy atom. The molecule has 1 aliphatic rings. The van der Waals surface area contributed by atoms with Gasteiger partial charge in [-0.3, -0.25) is 9.69 Å². The van der Waals surface area contributed by atoms with Crippen LogP contribution in [0.25, 0.3) is 0 Å². The third kappa shape index (κ3) is 11.5.